The number of nitrogens with zero attached hydrogens (tertiary/aromatic N) is 4. The van der Waals surface area contributed by atoms with Crippen LogP contribution in [0.5, 0.6) is 0 Å². The minimum atomic E-state index is -0.236. The summed E-state index contributed by atoms with van der Waals surface area (Å²) in [6.07, 6.45) is 6.42. The zero-order valence-electron chi connectivity index (χ0n) is 18.8. The van der Waals surface area contributed by atoms with Gasteiger partial charge in [-0.05, 0) is 25.3 Å². The van der Waals surface area contributed by atoms with Gasteiger partial charge in [0.05, 0.1) is 36.7 Å². The average molecular weight is 453 g/mol. The second-order valence-electron chi connectivity index (χ2n) is 8.56. The van der Waals surface area contributed by atoms with Gasteiger partial charge in [-0.3, -0.25) is 9.59 Å². The van der Waals surface area contributed by atoms with Crippen LogP contribution in [0, 0.1) is 0 Å². The Kier molecular flexibility index (Phi) is 5.86. The number of fused-ring (bicyclic) bond motifs is 1. The molecule has 1 saturated carbocycles. The molecule has 1 aliphatic heterocycles. The normalized spacial score (nSPS) is 22.3. The Hall–Kier alpha value is -3.24. The van der Waals surface area contributed by atoms with Crippen molar-refractivity contribution in [1.29, 1.82) is 0 Å². The van der Waals surface area contributed by atoms with Gasteiger partial charge in [-0.2, -0.15) is 9.61 Å². The van der Waals surface area contributed by atoms with Gasteiger partial charge >= 0.3 is 0 Å². The maximum Gasteiger partial charge on any atom is 0.257 e. The number of hydrogen-bond donors (Lipinski definition) is 2. The Morgan fingerprint density at radius 3 is 3.00 bits per heavy atom. The lowest BCUT2D eigenvalue weighted by atomic mass is 10.1. The molecule has 2 fully saturated rings. The molecule has 2 N–H and O–H groups in total. The molecule has 5 rings (SSSR count). The van der Waals surface area contributed by atoms with Crippen LogP contribution in [0.25, 0.3) is 5.65 Å². The number of carbonyl (C=O) groups is 1. The van der Waals surface area contributed by atoms with Crippen LogP contribution >= 0.6 is 0 Å². The molecule has 174 valence electrons. The summed E-state index contributed by atoms with van der Waals surface area (Å²) in [5, 5.41) is 10.4. The smallest absolute Gasteiger partial charge is 0.257 e. The number of rotatable bonds is 7. The number of methoxy groups -OCH3 is 1. The molecule has 10 heteroatoms. The fourth-order valence-electron chi connectivity index (χ4n) is 4.39. The van der Waals surface area contributed by atoms with Gasteiger partial charge in [0.25, 0.3) is 11.5 Å². The van der Waals surface area contributed by atoms with Gasteiger partial charge in [-0.1, -0.05) is 6.07 Å². The van der Waals surface area contributed by atoms with E-state index in [2.05, 4.69) is 15.7 Å². The van der Waals surface area contributed by atoms with Crippen LogP contribution < -0.4 is 16.2 Å². The standard InChI is InChI=1S/C23H28N6O4/c1-24-20-10-15(9-14-5-3-7-28(23(14)31)16-6-4-8-33-13-16)26-21-17(12-25-29(20)21)22(30)27-18-11-19(18)32-2/h3,5,7,10,12,16,18-19,24H,4,6,8-9,11,13H2,1-2H3,(H,27,30)/t16-,18?,19?/m0/s1. The number of hydrogen-bond acceptors (Lipinski definition) is 7. The van der Waals surface area contributed by atoms with E-state index >= 15 is 0 Å². The molecular formula is C23H28N6O4. The third kappa shape index (κ3) is 4.23. The quantitative estimate of drug-likeness (QED) is 0.557. The van der Waals surface area contributed by atoms with Crippen molar-refractivity contribution in [3.8, 4) is 0 Å². The first kappa shape index (κ1) is 21.6. The van der Waals surface area contributed by atoms with Gasteiger partial charge in [0.2, 0.25) is 0 Å². The van der Waals surface area contributed by atoms with Crippen molar-refractivity contribution >= 4 is 17.4 Å². The molecule has 10 nitrogen and oxygen atoms in total. The van der Waals surface area contributed by atoms with Crippen LogP contribution in [0.4, 0.5) is 5.82 Å². The van der Waals surface area contributed by atoms with Crippen molar-refractivity contribution in [2.24, 2.45) is 0 Å². The zero-order chi connectivity index (χ0) is 22.9. The van der Waals surface area contributed by atoms with Gasteiger partial charge < -0.3 is 24.7 Å². The van der Waals surface area contributed by atoms with Crippen LogP contribution in [-0.2, 0) is 15.9 Å². The van der Waals surface area contributed by atoms with Crippen LogP contribution in [0.1, 0.15) is 46.9 Å². The molecule has 3 atom stereocenters. The van der Waals surface area contributed by atoms with E-state index in [0.29, 0.717) is 41.3 Å². The molecule has 33 heavy (non-hydrogen) atoms. The fourth-order valence-corrected chi connectivity index (χ4v) is 4.39. The lowest BCUT2D eigenvalue weighted by molar-refractivity contribution is 0.0579. The molecule has 0 spiro atoms. The Labute approximate surface area is 190 Å². The van der Waals surface area contributed by atoms with Crippen molar-refractivity contribution in [2.75, 3.05) is 32.7 Å². The maximum atomic E-state index is 13.2. The highest BCUT2D eigenvalue weighted by atomic mass is 16.5. The Morgan fingerprint density at radius 2 is 2.27 bits per heavy atom. The summed E-state index contributed by atoms with van der Waals surface area (Å²) in [7, 11) is 3.42. The number of pyridine rings is 1. The minimum Gasteiger partial charge on any atom is -0.379 e. The van der Waals surface area contributed by atoms with Crippen molar-refractivity contribution < 1.29 is 14.3 Å². The molecule has 1 saturated heterocycles. The monoisotopic (exact) mass is 452 g/mol. The van der Waals surface area contributed by atoms with Gasteiger partial charge in [0.15, 0.2) is 5.65 Å². The third-order valence-corrected chi connectivity index (χ3v) is 6.33. The van der Waals surface area contributed by atoms with Crippen LogP contribution in [-0.4, -0.2) is 64.6 Å². The molecule has 0 radical (unpaired) electrons. The number of nitrogens with one attached hydrogen (secondary N) is 2. The highest BCUT2D eigenvalue weighted by molar-refractivity contribution is 6.00. The number of anilines is 1. The number of carbonyl (C=O) groups excluding carboxylic acids is 1. The second kappa shape index (κ2) is 8.95. The second-order valence-corrected chi connectivity index (χ2v) is 8.56. The van der Waals surface area contributed by atoms with Crippen molar-refractivity contribution in [3.63, 3.8) is 0 Å². The summed E-state index contributed by atoms with van der Waals surface area (Å²) in [6, 6.07) is 5.64. The number of aromatic nitrogens is 4. The summed E-state index contributed by atoms with van der Waals surface area (Å²) in [4.78, 5) is 30.7. The largest absolute Gasteiger partial charge is 0.379 e. The van der Waals surface area contributed by atoms with E-state index in [1.54, 1.807) is 23.2 Å². The van der Waals surface area contributed by atoms with Crippen molar-refractivity contribution in [2.45, 2.75) is 43.9 Å². The predicted octanol–water partition coefficient (Wildman–Crippen LogP) is 1.39. The minimum absolute atomic E-state index is 0.0101. The SMILES string of the molecule is CNc1cc(Cc2cccn([C@H]3CCCOC3)c2=O)nc2c(C(=O)NC3CC3OC)cnn12. The lowest BCUT2D eigenvalue weighted by Gasteiger charge is -2.24. The van der Waals surface area contributed by atoms with Crippen LogP contribution in [0.3, 0.4) is 0 Å². The molecule has 1 aliphatic carbocycles. The molecule has 0 bridgehead atoms. The van der Waals surface area contributed by atoms with E-state index in [9.17, 15) is 9.59 Å². The molecule has 2 unspecified atom stereocenters. The maximum absolute atomic E-state index is 13.2. The fraction of sp³-hybridized carbons (Fsp3) is 0.478. The van der Waals surface area contributed by atoms with E-state index < -0.39 is 0 Å². The summed E-state index contributed by atoms with van der Waals surface area (Å²) in [5.74, 6) is 0.452. The van der Waals surface area contributed by atoms with E-state index in [1.807, 2.05) is 24.4 Å². The van der Waals surface area contributed by atoms with E-state index in [0.717, 1.165) is 25.9 Å². The van der Waals surface area contributed by atoms with Gasteiger partial charge in [0.1, 0.15) is 11.4 Å². The van der Waals surface area contributed by atoms with E-state index in [-0.39, 0.29) is 29.7 Å². The Balaban J connectivity index is 1.45. The number of amides is 1. The van der Waals surface area contributed by atoms with E-state index in [1.165, 1.54) is 6.20 Å². The highest BCUT2D eigenvalue weighted by Crippen LogP contribution is 2.25. The van der Waals surface area contributed by atoms with E-state index in [4.69, 9.17) is 14.5 Å². The van der Waals surface area contributed by atoms with Crippen LogP contribution in [0.2, 0.25) is 0 Å². The highest BCUT2D eigenvalue weighted by Gasteiger charge is 2.39. The van der Waals surface area contributed by atoms with Gasteiger partial charge in [0, 0.05) is 45.0 Å². The zero-order valence-corrected chi connectivity index (χ0v) is 18.8. The molecule has 2 aliphatic rings. The Morgan fingerprint density at radius 1 is 1.39 bits per heavy atom. The first-order valence-electron chi connectivity index (χ1n) is 11.3. The van der Waals surface area contributed by atoms with Crippen molar-refractivity contribution in [1.82, 2.24) is 24.5 Å². The lowest BCUT2D eigenvalue weighted by Crippen LogP contribution is -2.31. The van der Waals surface area contributed by atoms with Crippen molar-refractivity contribution in [3.05, 3.63) is 57.8 Å². The molecule has 3 aromatic rings. The molecule has 0 aromatic carbocycles. The average Bonchev–Trinajstić information content (AvgIpc) is 3.45. The first-order chi connectivity index (χ1) is 16.1. The Bertz CT molecular complexity index is 1230. The molecule has 1 amide bonds. The summed E-state index contributed by atoms with van der Waals surface area (Å²) in [5.41, 5.74) is 2.12. The summed E-state index contributed by atoms with van der Waals surface area (Å²) < 4.78 is 14.2. The summed E-state index contributed by atoms with van der Waals surface area (Å²) >= 11 is 0. The molecule has 4 heterocycles. The first-order valence-corrected chi connectivity index (χ1v) is 11.3. The van der Waals surface area contributed by atoms with Gasteiger partial charge in [-0.25, -0.2) is 4.98 Å². The third-order valence-electron chi connectivity index (χ3n) is 6.33. The molecular weight excluding hydrogens is 424 g/mol. The topological polar surface area (TPSA) is 112 Å². The molecule has 3 aromatic heterocycles. The predicted molar refractivity (Wildman–Crippen MR) is 122 cm³/mol. The van der Waals surface area contributed by atoms with Gasteiger partial charge in [-0.15, -0.1) is 0 Å². The van der Waals surface area contributed by atoms with Crippen LogP contribution in [0.15, 0.2) is 35.4 Å². The summed E-state index contributed by atoms with van der Waals surface area (Å²) in [6.45, 7) is 1.30. The number of ether oxygens (including phenoxy) is 2.